The summed E-state index contributed by atoms with van der Waals surface area (Å²) in [5.74, 6) is 0.173. The Labute approximate surface area is 118 Å². The van der Waals surface area contributed by atoms with E-state index in [1.807, 2.05) is 19.1 Å². The van der Waals surface area contributed by atoms with Crippen LogP contribution in [0.4, 0.5) is 0 Å². The first-order chi connectivity index (χ1) is 9.65. The molecule has 4 heteroatoms. The summed E-state index contributed by atoms with van der Waals surface area (Å²) in [6.45, 7) is 2.82. The Balaban J connectivity index is 1.87. The fourth-order valence-electron chi connectivity index (χ4n) is 2.88. The molecule has 1 N–H and O–H groups in total. The van der Waals surface area contributed by atoms with Crippen molar-refractivity contribution in [2.75, 3.05) is 0 Å². The van der Waals surface area contributed by atoms with Crippen molar-refractivity contribution in [2.45, 2.75) is 39.2 Å². The highest BCUT2D eigenvalue weighted by atomic mass is 16.4. The van der Waals surface area contributed by atoms with Crippen molar-refractivity contribution in [3.05, 3.63) is 52.6 Å². The Bertz CT molecular complexity index is 641. The summed E-state index contributed by atoms with van der Waals surface area (Å²) in [5, 5.41) is 8.92. The van der Waals surface area contributed by atoms with Crippen molar-refractivity contribution in [2.24, 2.45) is 0 Å². The number of hydrogen-bond acceptors (Lipinski definition) is 2. The molecule has 0 atom stereocenters. The molecule has 104 valence electrons. The summed E-state index contributed by atoms with van der Waals surface area (Å²) in [6.07, 6.45) is 4.65. The van der Waals surface area contributed by atoms with E-state index in [9.17, 15) is 4.79 Å². The maximum Gasteiger partial charge on any atom is 0.335 e. The monoisotopic (exact) mass is 270 g/mol. The average molecular weight is 270 g/mol. The molecule has 20 heavy (non-hydrogen) atoms. The third-order valence-corrected chi connectivity index (χ3v) is 3.97. The first-order valence-corrected chi connectivity index (χ1v) is 7.02. The topological polar surface area (TPSA) is 55.1 Å². The van der Waals surface area contributed by atoms with Gasteiger partial charge in [0.05, 0.1) is 11.3 Å². The molecule has 0 unspecified atom stereocenters. The zero-order chi connectivity index (χ0) is 14.1. The van der Waals surface area contributed by atoms with Crippen molar-refractivity contribution >= 4 is 5.97 Å². The number of fused-ring (bicyclic) bond motifs is 1. The first-order valence-electron chi connectivity index (χ1n) is 7.02. The highest BCUT2D eigenvalue weighted by molar-refractivity contribution is 5.87. The van der Waals surface area contributed by atoms with Crippen molar-refractivity contribution < 1.29 is 9.90 Å². The number of carboxylic acids is 1. The molecule has 1 heterocycles. The second kappa shape index (κ2) is 5.12. The van der Waals surface area contributed by atoms with Gasteiger partial charge in [-0.3, -0.25) is 0 Å². The normalized spacial score (nSPS) is 14.1. The van der Waals surface area contributed by atoms with E-state index in [1.54, 1.807) is 12.1 Å². The molecule has 3 rings (SSSR count). The van der Waals surface area contributed by atoms with E-state index in [0.29, 0.717) is 5.56 Å². The molecule has 1 aromatic carbocycles. The van der Waals surface area contributed by atoms with E-state index in [2.05, 4.69) is 9.55 Å². The number of rotatable bonds is 3. The van der Waals surface area contributed by atoms with Crippen LogP contribution in [0.1, 0.15) is 46.0 Å². The molecule has 1 aromatic heterocycles. The molecule has 0 saturated carbocycles. The maximum atomic E-state index is 10.9. The van der Waals surface area contributed by atoms with Crippen molar-refractivity contribution in [3.63, 3.8) is 0 Å². The van der Waals surface area contributed by atoms with Gasteiger partial charge in [0.25, 0.3) is 0 Å². The highest BCUT2D eigenvalue weighted by Gasteiger charge is 2.18. The number of benzene rings is 1. The van der Waals surface area contributed by atoms with E-state index < -0.39 is 5.97 Å². The fourth-order valence-corrected chi connectivity index (χ4v) is 2.88. The molecule has 0 amide bonds. The van der Waals surface area contributed by atoms with Gasteiger partial charge in [-0.2, -0.15) is 0 Å². The molecule has 4 nitrogen and oxygen atoms in total. The van der Waals surface area contributed by atoms with Crippen LogP contribution >= 0.6 is 0 Å². The minimum atomic E-state index is -0.882. The summed E-state index contributed by atoms with van der Waals surface area (Å²) in [4.78, 5) is 15.5. The first kappa shape index (κ1) is 12.9. The second-order valence-corrected chi connectivity index (χ2v) is 5.35. The Morgan fingerprint density at radius 2 is 1.95 bits per heavy atom. The quantitative estimate of drug-likeness (QED) is 0.933. The lowest BCUT2D eigenvalue weighted by Crippen LogP contribution is -2.10. The largest absolute Gasteiger partial charge is 0.478 e. The van der Waals surface area contributed by atoms with E-state index in [0.717, 1.165) is 30.8 Å². The summed E-state index contributed by atoms with van der Waals surface area (Å²) in [6, 6.07) is 7.10. The van der Waals surface area contributed by atoms with Crippen LogP contribution in [-0.2, 0) is 19.4 Å². The van der Waals surface area contributed by atoms with Crippen LogP contribution in [0, 0.1) is 6.92 Å². The molecule has 0 radical (unpaired) electrons. The van der Waals surface area contributed by atoms with Gasteiger partial charge in [0, 0.05) is 12.2 Å². The Morgan fingerprint density at radius 3 is 2.65 bits per heavy atom. The van der Waals surface area contributed by atoms with Gasteiger partial charge in [-0.05, 0) is 50.3 Å². The van der Waals surface area contributed by atoms with Gasteiger partial charge in [-0.25, -0.2) is 9.78 Å². The molecule has 0 fully saturated rings. The SMILES string of the molecule is Cc1nc2c(n1Cc1ccc(C(=O)O)cc1)CCCC2. The number of nitrogens with zero attached hydrogens (tertiary/aromatic N) is 2. The van der Waals surface area contributed by atoms with Crippen LogP contribution in [-0.4, -0.2) is 20.6 Å². The van der Waals surface area contributed by atoms with E-state index in [4.69, 9.17) is 5.11 Å². The number of imidazole rings is 1. The van der Waals surface area contributed by atoms with Crippen molar-refractivity contribution in [3.8, 4) is 0 Å². The van der Waals surface area contributed by atoms with Crippen LogP contribution in [0.25, 0.3) is 0 Å². The number of aromatic carboxylic acids is 1. The maximum absolute atomic E-state index is 10.9. The van der Waals surface area contributed by atoms with Gasteiger partial charge in [0.15, 0.2) is 0 Å². The van der Waals surface area contributed by atoms with Crippen molar-refractivity contribution in [1.29, 1.82) is 0 Å². The predicted molar refractivity (Wildman–Crippen MR) is 76.1 cm³/mol. The predicted octanol–water partition coefficient (Wildman–Crippen LogP) is 2.82. The highest BCUT2D eigenvalue weighted by Crippen LogP contribution is 2.23. The van der Waals surface area contributed by atoms with E-state index >= 15 is 0 Å². The van der Waals surface area contributed by atoms with Gasteiger partial charge in [-0.15, -0.1) is 0 Å². The lowest BCUT2D eigenvalue weighted by molar-refractivity contribution is 0.0697. The summed E-state index contributed by atoms with van der Waals surface area (Å²) < 4.78 is 2.27. The van der Waals surface area contributed by atoms with Crippen LogP contribution in [0.15, 0.2) is 24.3 Å². The van der Waals surface area contributed by atoms with Gasteiger partial charge >= 0.3 is 5.97 Å². The fraction of sp³-hybridized carbons (Fsp3) is 0.375. The van der Waals surface area contributed by atoms with Gasteiger partial charge < -0.3 is 9.67 Å². The number of carboxylic acid groups (broad SMARTS) is 1. The summed E-state index contributed by atoms with van der Waals surface area (Å²) in [5.41, 5.74) is 4.05. The molecular formula is C16H18N2O2. The van der Waals surface area contributed by atoms with E-state index in [1.165, 1.54) is 24.2 Å². The third kappa shape index (κ3) is 2.33. The third-order valence-electron chi connectivity index (χ3n) is 3.97. The Hall–Kier alpha value is -2.10. The minimum absolute atomic E-state index is 0.332. The number of hydrogen-bond donors (Lipinski definition) is 1. The van der Waals surface area contributed by atoms with Crippen LogP contribution in [0.2, 0.25) is 0 Å². The van der Waals surface area contributed by atoms with Crippen molar-refractivity contribution in [1.82, 2.24) is 9.55 Å². The minimum Gasteiger partial charge on any atom is -0.478 e. The Kier molecular flexibility index (Phi) is 3.30. The Morgan fingerprint density at radius 1 is 1.25 bits per heavy atom. The molecule has 0 saturated heterocycles. The zero-order valence-electron chi connectivity index (χ0n) is 11.6. The lowest BCUT2D eigenvalue weighted by atomic mass is 10.0. The summed E-state index contributed by atoms with van der Waals surface area (Å²) >= 11 is 0. The smallest absolute Gasteiger partial charge is 0.335 e. The molecule has 0 aliphatic heterocycles. The second-order valence-electron chi connectivity index (χ2n) is 5.35. The lowest BCUT2D eigenvalue weighted by Gasteiger charge is -2.15. The van der Waals surface area contributed by atoms with Crippen LogP contribution in [0.5, 0.6) is 0 Å². The van der Waals surface area contributed by atoms with Gasteiger partial charge in [-0.1, -0.05) is 12.1 Å². The van der Waals surface area contributed by atoms with Gasteiger partial charge in [0.1, 0.15) is 5.82 Å². The molecule has 1 aliphatic rings. The molecule has 2 aromatic rings. The van der Waals surface area contributed by atoms with Gasteiger partial charge in [0.2, 0.25) is 0 Å². The average Bonchev–Trinajstić information content (AvgIpc) is 2.76. The molecular weight excluding hydrogens is 252 g/mol. The zero-order valence-corrected chi connectivity index (χ0v) is 11.6. The van der Waals surface area contributed by atoms with Crippen LogP contribution < -0.4 is 0 Å². The molecule has 0 bridgehead atoms. The standard InChI is InChI=1S/C16H18N2O2/c1-11-17-14-4-2-3-5-15(14)18(11)10-12-6-8-13(9-7-12)16(19)20/h6-9H,2-5,10H2,1H3,(H,19,20). The number of carbonyl (C=O) groups is 1. The van der Waals surface area contributed by atoms with Crippen LogP contribution in [0.3, 0.4) is 0 Å². The van der Waals surface area contributed by atoms with E-state index in [-0.39, 0.29) is 0 Å². The number of aromatic nitrogens is 2. The molecule has 0 spiro atoms. The number of aryl methyl sites for hydroxylation is 2. The molecule has 1 aliphatic carbocycles. The summed E-state index contributed by atoms with van der Waals surface area (Å²) in [7, 11) is 0.